The van der Waals surface area contributed by atoms with Crippen LogP contribution in [0, 0.1) is 12.8 Å². The summed E-state index contributed by atoms with van der Waals surface area (Å²) in [6.07, 6.45) is 6.72. The molecule has 3 rings (SSSR count). The fourth-order valence-electron chi connectivity index (χ4n) is 3.98. The highest BCUT2D eigenvalue weighted by Gasteiger charge is 2.42. The van der Waals surface area contributed by atoms with E-state index >= 15 is 0 Å². The molecule has 138 valence electrons. The fourth-order valence-corrected chi connectivity index (χ4v) is 3.98. The molecule has 1 saturated carbocycles. The van der Waals surface area contributed by atoms with Crippen LogP contribution in [0.1, 0.15) is 70.0 Å². The van der Waals surface area contributed by atoms with Gasteiger partial charge < -0.3 is 14.7 Å². The van der Waals surface area contributed by atoms with Gasteiger partial charge >= 0.3 is 0 Å². The second-order valence-corrected chi connectivity index (χ2v) is 7.32. The van der Waals surface area contributed by atoms with Gasteiger partial charge in [0.25, 0.3) is 0 Å². The Morgan fingerprint density at radius 1 is 1.28 bits per heavy atom. The molecule has 1 N–H and O–H groups in total. The quantitative estimate of drug-likeness (QED) is 0.882. The van der Waals surface area contributed by atoms with Crippen molar-refractivity contribution in [1.82, 2.24) is 20.4 Å². The van der Waals surface area contributed by atoms with E-state index < -0.39 is 5.54 Å². The third-order valence-electron chi connectivity index (χ3n) is 5.46. The van der Waals surface area contributed by atoms with E-state index in [9.17, 15) is 9.59 Å². The van der Waals surface area contributed by atoms with Gasteiger partial charge in [-0.3, -0.25) is 9.59 Å². The van der Waals surface area contributed by atoms with Crippen LogP contribution in [-0.2, 0) is 15.1 Å². The van der Waals surface area contributed by atoms with E-state index in [4.69, 9.17) is 4.52 Å². The fraction of sp³-hybridized carbons (Fsp3) is 0.778. The third-order valence-corrected chi connectivity index (χ3v) is 5.46. The van der Waals surface area contributed by atoms with Gasteiger partial charge in [0.1, 0.15) is 5.54 Å². The van der Waals surface area contributed by atoms with Crippen LogP contribution in [-0.4, -0.2) is 39.9 Å². The summed E-state index contributed by atoms with van der Waals surface area (Å²) in [5, 5.41) is 7.30. The minimum Gasteiger partial charge on any atom is -0.343 e. The topological polar surface area (TPSA) is 88.3 Å². The number of hydrogen-bond donors (Lipinski definition) is 1. The van der Waals surface area contributed by atoms with Crippen molar-refractivity contribution in [3.8, 4) is 0 Å². The zero-order chi connectivity index (χ0) is 17.9. The van der Waals surface area contributed by atoms with Gasteiger partial charge in [-0.1, -0.05) is 24.9 Å². The second kappa shape index (κ2) is 7.54. The number of nitrogens with one attached hydrogen (secondary N) is 1. The van der Waals surface area contributed by atoms with Crippen molar-refractivity contribution in [2.75, 3.05) is 13.1 Å². The van der Waals surface area contributed by atoms with Crippen molar-refractivity contribution in [3.05, 3.63) is 11.7 Å². The third kappa shape index (κ3) is 3.85. The molecule has 0 radical (unpaired) electrons. The van der Waals surface area contributed by atoms with Gasteiger partial charge in [0.2, 0.25) is 17.7 Å². The summed E-state index contributed by atoms with van der Waals surface area (Å²) < 4.78 is 5.14. The normalized spacial score (nSPS) is 20.6. The van der Waals surface area contributed by atoms with Crippen LogP contribution >= 0.6 is 0 Å². The van der Waals surface area contributed by atoms with Crippen LogP contribution in [0.3, 0.4) is 0 Å². The zero-order valence-electron chi connectivity index (χ0n) is 15.2. The highest BCUT2D eigenvalue weighted by atomic mass is 16.5. The van der Waals surface area contributed by atoms with Crippen LogP contribution in [0.25, 0.3) is 0 Å². The average Bonchev–Trinajstić information content (AvgIpc) is 3.25. The van der Waals surface area contributed by atoms with Crippen LogP contribution < -0.4 is 5.32 Å². The monoisotopic (exact) mass is 348 g/mol. The van der Waals surface area contributed by atoms with Crippen LogP contribution in [0.2, 0.25) is 0 Å². The molecule has 2 aliphatic rings. The van der Waals surface area contributed by atoms with Crippen molar-refractivity contribution >= 4 is 11.8 Å². The van der Waals surface area contributed by atoms with Gasteiger partial charge in [-0.2, -0.15) is 4.98 Å². The minimum atomic E-state index is -0.482. The van der Waals surface area contributed by atoms with Crippen molar-refractivity contribution in [2.45, 2.75) is 70.8 Å². The number of hydrogen-bond acceptors (Lipinski definition) is 5. The molecule has 1 aliphatic heterocycles. The Balaban J connectivity index is 1.61. The Bertz CT molecular complexity index is 614. The Labute approximate surface area is 148 Å². The first kappa shape index (κ1) is 17.9. The molecule has 25 heavy (non-hydrogen) atoms. The Morgan fingerprint density at radius 3 is 2.52 bits per heavy atom. The minimum absolute atomic E-state index is 0.0452. The molecule has 2 amide bonds. The first-order valence-corrected chi connectivity index (χ1v) is 9.44. The van der Waals surface area contributed by atoms with E-state index in [-0.39, 0.29) is 17.7 Å². The lowest BCUT2D eigenvalue weighted by Gasteiger charge is -2.34. The van der Waals surface area contributed by atoms with Gasteiger partial charge in [-0.15, -0.1) is 0 Å². The Kier molecular flexibility index (Phi) is 5.39. The molecule has 0 unspecified atom stereocenters. The zero-order valence-corrected chi connectivity index (χ0v) is 15.2. The molecular formula is C18H28N4O3. The molecule has 0 bridgehead atoms. The number of nitrogens with zero attached hydrogens (tertiary/aromatic N) is 3. The Morgan fingerprint density at radius 2 is 1.96 bits per heavy atom. The summed E-state index contributed by atoms with van der Waals surface area (Å²) in [5.74, 6) is 1.35. The van der Waals surface area contributed by atoms with Crippen molar-refractivity contribution in [1.29, 1.82) is 0 Å². The number of likely N-dealkylation sites (tertiary alicyclic amines) is 1. The highest BCUT2D eigenvalue weighted by Crippen LogP contribution is 2.38. The largest absolute Gasteiger partial charge is 0.343 e. The maximum Gasteiger partial charge on any atom is 0.224 e. The maximum atomic E-state index is 12.8. The molecule has 0 aromatic carbocycles. The molecular weight excluding hydrogens is 320 g/mol. The van der Waals surface area contributed by atoms with E-state index in [0.717, 1.165) is 44.9 Å². The number of piperidine rings is 1. The smallest absolute Gasteiger partial charge is 0.224 e. The second-order valence-electron chi connectivity index (χ2n) is 7.32. The van der Waals surface area contributed by atoms with Crippen LogP contribution in [0.4, 0.5) is 0 Å². The molecule has 0 atom stereocenters. The van der Waals surface area contributed by atoms with E-state index in [2.05, 4.69) is 15.5 Å². The Hall–Kier alpha value is -1.92. The molecule has 2 heterocycles. The molecule has 1 aromatic heterocycles. The maximum absolute atomic E-state index is 12.8. The van der Waals surface area contributed by atoms with E-state index in [1.165, 1.54) is 0 Å². The molecule has 7 heteroatoms. The summed E-state index contributed by atoms with van der Waals surface area (Å²) in [5.41, 5.74) is -0.482. The lowest BCUT2D eigenvalue weighted by Crippen LogP contribution is -2.49. The average molecular weight is 348 g/mol. The molecule has 1 aromatic rings. The van der Waals surface area contributed by atoms with E-state index in [1.807, 2.05) is 11.8 Å². The van der Waals surface area contributed by atoms with Crippen molar-refractivity contribution in [3.63, 3.8) is 0 Å². The van der Waals surface area contributed by atoms with Gasteiger partial charge in [0, 0.05) is 32.4 Å². The van der Waals surface area contributed by atoms with Crippen LogP contribution in [0.5, 0.6) is 0 Å². The van der Waals surface area contributed by atoms with Gasteiger partial charge in [-0.25, -0.2) is 0 Å². The number of amides is 2. The van der Waals surface area contributed by atoms with Crippen molar-refractivity contribution in [2.24, 2.45) is 5.92 Å². The van der Waals surface area contributed by atoms with Crippen LogP contribution in [0.15, 0.2) is 4.52 Å². The lowest BCUT2D eigenvalue weighted by atomic mass is 9.91. The molecule has 1 aliphatic carbocycles. The van der Waals surface area contributed by atoms with Gasteiger partial charge in [0.05, 0.1) is 0 Å². The van der Waals surface area contributed by atoms with E-state index in [0.29, 0.717) is 31.2 Å². The standard InChI is InChI=1S/C18H28N4O3/c1-3-6-15(23)22-11-7-14(8-12-22)16(24)20-18(9-4-5-10-18)17-19-13(2)25-21-17/h14H,3-12H2,1-2H3,(H,20,24). The van der Waals surface area contributed by atoms with E-state index in [1.54, 1.807) is 6.92 Å². The van der Waals surface area contributed by atoms with Gasteiger partial charge in [0.15, 0.2) is 5.82 Å². The first-order valence-electron chi connectivity index (χ1n) is 9.44. The molecule has 1 saturated heterocycles. The summed E-state index contributed by atoms with van der Waals surface area (Å²) in [6.45, 7) is 5.12. The number of aryl methyl sites for hydroxylation is 1. The summed E-state index contributed by atoms with van der Waals surface area (Å²) in [7, 11) is 0. The first-order chi connectivity index (χ1) is 12.0. The number of rotatable bonds is 5. The number of carbonyl (C=O) groups excluding carboxylic acids is 2. The number of aromatic nitrogens is 2. The molecule has 7 nitrogen and oxygen atoms in total. The SMILES string of the molecule is CCCC(=O)N1CCC(C(=O)NC2(c3noc(C)n3)CCCC2)CC1. The molecule has 0 spiro atoms. The summed E-state index contributed by atoms with van der Waals surface area (Å²) in [4.78, 5) is 31.1. The van der Waals surface area contributed by atoms with Gasteiger partial charge in [-0.05, 0) is 32.1 Å². The highest BCUT2D eigenvalue weighted by molar-refractivity contribution is 5.80. The summed E-state index contributed by atoms with van der Waals surface area (Å²) >= 11 is 0. The predicted octanol–water partition coefficient (Wildman–Crippen LogP) is 2.30. The predicted molar refractivity (Wildman–Crippen MR) is 91.5 cm³/mol. The number of carbonyl (C=O) groups is 2. The van der Waals surface area contributed by atoms with Crippen molar-refractivity contribution < 1.29 is 14.1 Å². The lowest BCUT2D eigenvalue weighted by molar-refractivity contribution is -0.136. The molecule has 2 fully saturated rings. The summed E-state index contributed by atoms with van der Waals surface area (Å²) in [6, 6.07) is 0.